The first-order valence-corrected chi connectivity index (χ1v) is 7.95. The minimum atomic E-state index is 0.561. The number of benzene rings is 2. The van der Waals surface area contributed by atoms with Crippen LogP contribution in [0.5, 0.6) is 11.5 Å². The third-order valence-corrected chi connectivity index (χ3v) is 3.44. The van der Waals surface area contributed by atoms with Gasteiger partial charge in [0.05, 0.1) is 18.2 Å². The summed E-state index contributed by atoms with van der Waals surface area (Å²) in [5, 5.41) is 4.00. The quantitative estimate of drug-likeness (QED) is 0.781. The summed E-state index contributed by atoms with van der Waals surface area (Å²) in [4.78, 5) is 0. The second-order valence-corrected chi connectivity index (χ2v) is 5.27. The highest BCUT2D eigenvalue weighted by Crippen LogP contribution is 2.36. The van der Waals surface area contributed by atoms with Gasteiger partial charge in [0, 0.05) is 13.1 Å². The summed E-state index contributed by atoms with van der Waals surface area (Å²) in [5.41, 5.74) is 2.33. The van der Waals surface area contributed by atoms with E-state index in [2.05, 4.69) is 17.4 Å². The predicted octanol–water partition coefficient (Wildman–Crippen LogP) is 4.43. The first kappa shape index (κ1) is 16.7. The van der Waals surface area contributed by atoms with Gasteiger partial charge < -0.3 is 14.8 Å². The van der Waals surface area contributed by atoms with Crippen LogP contribution in [0.3, 0.4) is 0 Å². The van der Waals surface area contributed by atoms with Crippen molar-refractivity contribution in [1.82, 2.24) is 5.32 Å². The third-order valence-electron chi connectivity index (χ3n) is 3.16. The Morgan fingerprint density at radius 1 is 0.909 bits per heavy atom. The van der Waals surface area contributed by atoms with Crippen LogP contribution in [0.4, 0.5) is 0 Å². The number of rotatable bonds is 8. The van der Waals surface area contributed by atoms with Crippen LogP contribution in [-0.2, 0) is 13.1 Å². The summed E-state index contributed by atoms with van der Waals surface area (Å²) < 4.78 is 11.2. The molecule has 0 saturated heterocycles. The van der Waals surface area contributed by atoms with Crippen LogP contribution in [0.15, 0.2) is 42.5 Å². The standard InChI is InChI=1S/C18H22ClNO2/c1-3-21-17-11-15(10-16(19)18(17)22-4-2)13-20-12-14-8-6-5-7-9-14/h5-11,20H,3-4,12-13H2,1-2H3. The maximum absolute atomic E-state index is 6.31. The summed E-state index contributed by atoms with van der Waals surface area (Å²) >= 11 is 6.31. The van der Waals surface area contributed by atoms with Crippen molar-refractivity contribution in [2.45, 2.75) is 26.9 Å². The Hall–Kier alpha value is -1.71. The average molecular weight is 320 g/mol. The van der Waals surface area contributed by atoms with Gasteiger partial charge in [-0.05, 0) is 37.1 Å². The molecule has 3 nitrogen and oxygen atoms in total. The molecule has 0 spiro atoms. The van der Waals surface area contributed by atoms with Crippen molar-refractivity contribution in [1.29, 1.82) is 0 Å². The number of ether oxygens (including phenoxy) is 2. The average Bonchev–Trinajstić information content (AvgIpc) is 2.52. The molecule has 118 valence electrons. The lowest BCUT2D eigenvalue weighted by Gasteiger charge is -2.14. The first-order valence-electron chi connectivity index (χ1n) is 7.57. The van der Waals surface area contributed by atoms with E-state index in [0.717, 1.165) is 18.7 Å². The van der Waals surface area contributed by atoms with E-state index >= 15 is 0 Å². The molecule has 0 aliphatic heterocycles. The minimum absolute atomic E-state index is 0.561. The zero-order chi connectivity index (χ0) is 15.8. The van der Waals surface area contributed by atoms with Crippen LogP contribution in [0.1, 0.15) is 25.0 Å². The number of halogens is 1. The van der Waals surface area contributed by atoms with Crippen molar-refractivity contribution < 1.29 is 9.47 Å². The molecule has 1 N–H and O–H groups in total. The van der Waals surface area contributed by atoms with Crippen molar-refractivity contribution in [3.8, 4) is 11.5 Å². The fraction of sp³-hybridized carbons (Fsp3) is 0.333. The highest BCUT2D eigenvalue weighted by Gasteiger charge is 2.12. The Labute approximate surface area is 137 Å². The molecule has 22 heavy (non-hydrogen) atoms. The van der Waals surface area contributed by atoms with E-state index in [4.69, 9.17) is 21.1 Å². The van der Waals surface area contributed by atoms with Gasteiger partial charge in [0.25, 0.3) is 0 Å². The molecule has 0 atom stereocenters. The summed E-state index contributed by atoms with van der Waals surface area (Å²) in [5.74, 6) is 1.33. The fourth-order valence-corrected chi connectivity index (χ4v) is 2.51. The molecule has 0 fully saturated rings. The van der Waals surface area contributed by atoms with Gasteiger partial charge in [-0.3, -0.25) is 0 Å². The molecule has 0 amide bonds. The third kappa shape index (κ3) is 4.65. The molecule has 0 saturated carbocycles. The van der Waals surface area contributed by atoms with E-state index < -0.39 is 0 Å². The zero-order valence-electron chi connectivity index (χ0n) is 13.1. The van der Waals surface area contributed by atoms with Gasteiger partial charge in [-0.15, -0.1) is 0 Å². The molecule has 2 rings (SSSR count). The van der Waals surface area contributed by atoms with Crippen molar-refractivity contribution in [2.75, 3.05) is 13.2 Å². The Balaban J connectivity index is 2.04. The molecule has 0 aliphatic rings. The lowest BCUT2D eigenvalue weighted by molar-refractivity contribution is 0.287. The maximum Gasteiger partial charge on any atom is 0.179 e. The van der Waals surface area contributed by atoms with Gasteiger partial charge >= 0.3 is 0 Å². The van der Waals surface area contributed by atoms with E-state index in [9.17, 15) is 0 Å². The van der Waals surface area contributed by atoms with Gasteiger partial charge in [0.1, 0.15) is 0 Å². The fourth-order valence-electron chi connectivity index (χ4n) is 2.22. The summed E-state index contributed by atoms with van der Waals surface area (Å²) in [7, 11) is 0. The van der Waals surface area contributed by atoms with Crippen LogP contribution in [0.2, 0.25) is 5.02 Å². The molecule has 0 aromatic heterocycles. The zero-order valence-corrected chi connectivity index (χ0v) is 13.8. The molecule has 0 bridgehead atoms. The Kier molecular flexibility index (Phi) is 6.56. The van der Waals surface area contributed by atoms with E-state index in [-0.39, 0.29) is 0 Å². The lowest BCUT2D eigenvalue weighted by Crippen LogP contribution is -2.13. The maximum atomic E-state index is 6.31. The van der Waals surface area contributed by atoms with Crippen LogP contribution in [-0.4, -0.2) is 13.2 Å². The van der Waals surface area contributed by atoms with Crippen LogP contribution >= 0.6 is 11.6 Å². The lowest BCUT2D eigenvalue weighted by atomic mass is 10.2. The molecule has 2 aromatic carbocycles. The Bertz CT molecular complexity index is 587. The van der Waals surface area contributed by atoms with Gasteiger partial charge in [-0.25, -0.2) is 0 Å². The van der Waals surface area contributed by atoms with E-state index in [1.54, 1.807) is 0 Å². The van der Waals surface area contributed by atoms with Crippen molar-refractivity contribution >= 4 is 11.6 Å². The highest BCUT2D eigenvalue weighted by atomic mass is 35.5. The van der Waals surface area contributed by atoms with Gasteiger partial charge in [0.2, 0.25) is 0 Å². The predicted molar refractivity (Wildman–Crippen MR) is 90.8 cm³/mol. The smallest absolute Gasteiger partial charge is 0.179 e. The molecule has 0 aliphatic carbocycles. The van der Waals surface area contributed by atoms with E-state index in [1.807, 2.05) is 44.2 Å². The highest BCUT2D eigenvalue weighted by molar-refractivity contribution is 6.32. The summed E-state index contributed by atoms with van der Waals surface area (Å²) in [6.07, 6.45) is 0. The second kappa shape index (κ2) is 8.66. The Morgan fingerprint density at radius 2 is 1.59 bits per heavy atom. The van der Waals surface area contributed by atoms with Crippen molar-refractivity contribution in [3.63, 3.8) is 0 Å². The summed E-state index contributed by atoms with van der Waals surface area (Å²) in [6, 6.07) is 14.2. The molecule has 2 aromatic rings. The number of hydrogen-bond donors (Lipinski definition) is 1. The molecular weight excluding hydrogens is 298 g/mol. The second-order valence-electron chi connectivity index (χ2n) is 4.86. The van der Waals surface area contributed by atoms with E-state index in [1.165, 1.54) is 5.56 Å². The number of hydrogen-bond acceptors (Lipinski definition) is 3. The summed E-state index contributed by atoms with van der Waals surface area (Å²) in [6.45, 7) is 6.56. The molecule has 0 radical (unpaired) electrons. The largest absolute Gasteiger partial charge is 0.490 e. The molecule has 4 heteroatoms. The van der Waals surface area contributed by atoms with Crippen molar-refractivity contribution in [2.24, 2.45) is 0 Å². The van der Waals surface area contributed by atoms with Crippen molar-refractivity contribution in [3.05, 3.63) is 58.6 Å². The van der Waals surface area contributed by atoms with Crippen LogP contribution in [0.25, 0.3) is 0 Å². The van der Waals surface area contributed by atoms with E-state index in [0.29, 0.717) is 29.7 Å². The number of nitrogens with one attached hydrogen (secondary N) is 1. The monoisotopic (exact) mass is 319 g/mol. The van der Waals surface area contributed by atoms with Gasteiger partial charge in [0.15, 0.2) is 11.5 Å². The molecular formula is C18H22ClNO2. The van der Waals surface area contributed by atoms with Crippen LogP contribution in [0, 0.1) is 0 Å². The first-order chi connectivity index (χ1) is 10.7. The minimum Gasteiger partial charge on any atom is -0.490 e. The van der Waals surface area contributed by atoms with Crippen LogP contribution < -0.4 is 14.8 Å². The topological polar surface area (TPSA) is 30.5 Å². The molecule has 0 unspecified atom stereocenters. The SMILES string of the molecule is CCOc1cc(CNCc2ccccc2)cc(Cl)c1OCC. The van der Waals surface area contributed by atoms with Gasteiger partial charge in [-0.1, -0.05) is 41.9 Å². The Morgan fingerprint density at radius 3 is 2.27 bits per heavy atom. The van der Waals surface area contributed by atoms with Gasteiger partial charge in [-0.2, -0.15) is 0 Å². The normalized spacial score (nSPS) is 10.5. The molecule has 0 heterocycles.